The van der Waals surface area contributed by atoms with Gasteiger partial charge in [-0.05, 0) is 42.9 Å². The number of hydrogen-bond acceptors (Lipinski definition) is 2. The first kappa shape index (κ1) is 14.8. The Morgan fingerprint density at radius 3 is 2.60 bits per heavy atom. The molecule has 0 aromatic heterocycles. The van der Waals surface area contributed by atoms with Crippen LogP contribution in [0.1, 0.15) is 56.1 Å². The molecular weight excluding hydrogens is 252 g/mol. The van der Waals surface area contributed by atoms with E-state index in [0.29, 0.717) is 0 Å². The minimum Gasteiger partial charge on any atom is -0.481 e. The Balaban J connectivity index is 2.15. The zero-order chi connectivity index (χ0) is 14.5. The molecule has 1 aromatic carbocycles. The molecule has 0 saturated heterocycles. The van der Waals surface area contributed by atoms with Gasteiger partial charge in [-0.3, -0.25) is 4.79 Å². The van der Waals surface area contributed by atoms with E-state index >= 15 is 0 Å². The number of carboxylic acid groups (broad SMARTS) is 1. The molecule has 0 amide bonds. The third kappa shape index (κ3) is 3.70. The fraction of sp³-hybridized carbons (Fsp3) is 0.471. The van der Waals surface area contributed by atoms with Gasteiger partial charge in [-0.1, -0.05) is 43.2 Å². The first-order valence-electron chi connectivity index (χ1n) is 7.29. The Morgan fingerprint density at radius 1 is 1.25 bits per heavy atom. The highest BCUT2D eigenvalue weighted by atomic mass is 16.4. The van der Waals surface area contributed by atoms with Crippen molar-refractivity contribution < 1.29 is 15.0 Å². The molecule has 1 aromatic rings. The van der Waals surface area contributed by atoms with E-state index in [9.17, 15) is 9.90 Å². The van der Waals surface area contributed by atoms with Crippen LogP contribution in [0.2, 0.25) is 0 Å². The molecule has 0 radical (unpaired) electrons. The number of rotatable bonds is 3. The van der Waals surface area contributed by atoms with E-state index in [2.05, 4.69) is 0 Å². The Hall–Kier alpha value is -1.61. The van der Waals surface area contributed by atoms with Crippen molar-refractivity contribution >= 4 is 12.0 Å². The van der Waals surface area contributed by atoms with Crippen molar-refractivity contribution in [2.24, 2.45) is 0 Å². The maximum atomic E-state index is 10.9. The molecule has 20 heavy (non-hydrogen) atoms. The Labute approximate surface area is 120 Å². The van der Waals surface area contributed by atoms with E-state index in [1.165, 1.54) is 6.42 Å². The maximum absolute atomic E-state index is 10.9. The van der Waals surface area contributed by atoms with Gasteiger partial charge in [0.05, 0.1) is 12.0 Å². The number of carboxylic acids is 1. The largest absolute Gasteiger partial charge is 0.481 e. The summed E-state index contributed by atoms with van der Waals surface area (Å²) in [5, 5.41) is 19.1. The average molecular weight is 274 g/mol. The minimum absolute atomic E-state index is 0.324. The summed E-state index contributed by atoms with van der Waals surface area (Å²) in [6, 6.07) is 7.57. The van der Waals surface area contributed by atoms with E-state index in [-0.39, 0.29) is 6.10 Å². The summed E-state index contributed by atoms with van der Waals surface area (Å²) < 4.78 is 0. The molecule has 1 saturated carbocycles. The van der Waals surface area contributed by atoms with Crippen LogP contribution in [-0.2, 0) is 4.79 Å². The van der Waals surface area contributed by atoms with Gasteiger partial charge >= 0.3 is 5.97 Å². The van der Waals surface area contributed by atoms with Crippen molar-refractivity contribution in [2.45, 2.75) is 51.0 Å². The Morgan fingerprint density at radius 2 is 1.95 bits per heavy atom. The summed E-state index contributed by atoms with van der Waals surface area (Å²) in [7, 11) is 0. The highest BCUT2D eigenvalue weighted by molar-refractivity contribution is 5.75. The van der Waals surface area contributed by atoms with E-state index in [4.69, 9.17) is 5.11 Å². The number of aliphatic hydroxyl groups is 1. The molecule has 0 heterocycles. The Kier molecular flexibility index (Phi) is 4.96. The predicted octanol–water partition coefficient (Wildman–Crippen LogP) is 3.58. The van der Waals surface area contributed by atoms with Crippen LogP contribution in [0, 0.1) is 0 Å². The second-order valence-corrected chi connectivity index (χ2v) is 5.56. The van der Waals surface area contributed by atoms with Gasteiger partial charge in [0.15, 0.2) is 0 Å². The summed E-state index contributed by atoms with van der Waals surface area (Å²) in [5.41, 5.74) is 2.94. The van der Waals surface area contributed by atoms with E-state index < -0.39 is 11.9 Å². The zero-order valence-corrected chi connectivity index (χ0v) is 11.9. The highest BCUT2D eigenvalue weighted by Gasteiger charge is 2.15. The molecule has 2 N–H and O–H groups in total. The molecule has 2 rings (SSSR count). The molecule has 2 unspecified atom stereocenters. The molecule has 1 fully saturated rings. The van der Waals surface area contributed by atoms with E-state index in [1.807, 2.05) is 30.3 Å². The number of benzene rings is 1. The van der Waals surface area contributed by atoms with Crippen LogP contribution in [0.4, 0.5) is 0 Å². The second kappa shape index (κ2) is 6.71. The highest BCUT2D eigenvalue weighted by Crippen LogP contribution is 2.25. The van der Waals surface area contributed by atoms with Crippen molar-refractivity contribution in [3.05, 3.63) is 41.0 Å². The molecule has 1 aliphatic rings. The van der Waals surface area contributed by atoms with Crippen LogP contribution in [0.25, 0.3) is 6.08 Å². The van der Waals surface area contributed by atoms with Gasteiger partial charge in [0.2, 0.25) is 0 Å². The quantitative estimate of drug-likeness (QED) is 0.828. The maximum Gasteiger partial charge on any atom is 0.310 e. The average Bonchev–Trinajstić information content (AvgIpc) is 2.64. The van der Waals surface area contributed by atoms with Crippen LogP contribution >= 0.6 is 0 Å². The lowest BCUT2D eigenvalue weighted by atomic mass is 9.97. The van der Waals surface area contributed by atoms with E-state index in [0.717, 1.165) is 42.4 Å². The smallest absolute Gasteiger partial charge is 0.310 e. The van der Waals surface area contributed by atoms with Gasteiger partial charge in [-0.15, -0.1) is 0 Å². The zero-order valence-electron chi connectivity index (χ0n) is 11.9. The third-order valence-electron chi connectivity index (χ3n) is 4.03. The summed E-state index contributed by atoms with van der Waals surface area (Å²) >= 11 is 0. The van der Waals surface area contributed by atoms with Crippen LogP contribution in [0.15, 0.2) is 29.8 Å². The molecule has 0 spiro atoms. The first-order chi connectivity index (χ1) is 9.58. The number of aliphatic carboxylic acids is 1. The van der Waals surface area contributed by atoms with Crippen LogP contribution < -0.4 is 0 Å². The SMILES string of the molecule is CC(C(=O)O)c1ccc(C=C2CCCCCC2O)cc1. The van der Waals surface area contributed by atoms with Crippen molar-refractivity contribution in [2.75, 3.05) is 0 Å². The van der Waals surface area contributed by atoms with Crippen molar-refractivity contribution in [3.8, 4) is 0 Å². The standard InChI is InChI=1S/C17H22O3/c1-12(17(19)20)14-9-7-13(8-10-14)11-15-5-3-2-4-6-16(15)18/h7-12,16,18H,2-6H2,1H3,(H,19,20). The molecule has 2 atom stereocenters. The second-order valence-electron chi connectivity index (χ2n) is 5.56. The summed E-state index contributed by atoms with van der Waals surface area (Å²) in [6.07, 6.45) is 6.93. The number of hydrogen-bond donors (Lipinski definition) is 2. The fourth-order valence-corrected chi connectivity index (χ4v) is 2.60. The van der Waals surface area contributed by atoms with Crippen molar-refractivity contribution in [1.82, 2.24) is 0 Å². The van der Waals surface area contributed by atoms with Crippen molar-refractivity contribution in [3.63, 3.8) is 0 Å². The van der Waals surface area contributed by atoms with E-state index in [1.54, 1.807) is 6.92 Å². The van der Waals surface area contributed by atoms with Gasteiger partial charge < -0.3 is 10.2 Å². The predicted molar refractivity (Wildman–Crippen MR) is 79.6 cm³/mol. The summed E-state index contributed by atoms with van der Waals surface area (Å²) in [5.74, 6) is -1.30. The Bertz CT molecular complexity index is 487. The van der Waals surface area contributed by atoms with Crippen LogP contribution in [-0.4, -0.2) is 22.3 Å². The molecule has 0 bridgehead atoms. The molecule has 3 heteroatoms. The molecule has 0 aliphatic heterocycles. The molecule has 3 nitrogen and oxygen atoms in total. The molecule has 108 valence electrons. The third-order valence-corrected chi connectivity index (χ3v) is 4.03. The summed E-state index contributed by atoms with van der Waals surface area (Å²) in [6.45, 7) is 1.69. The van der Waals surface area contributed by atoms with Gasteiger partial charge in [-0.2, -0.15) is 0 Å². The lowest BCUT2D eigenvalue weighted by molar-refractivity contribution is -0.138. The normalized spacial score (nSPS) is 23.3. The van der Waals surface area contributed by atoms with Gasteiger partial charge in [-0.25, -0.2) is 0 Å². The monoisotopic (exact) mass is 274 g/mol. The van der Waals surface area contributed by atoms with Gasteiger partial charge in [0, 0.05) is 0 Å². The van der Waals surface area contributed by atoms with Crippen molar-refractivity contribution in [1.29, 1.82) is 0 Å². The van der Waals surface area contributed by atoms with Crippen LogP contribution in [0.5, 0.6) is 0 Å². The number of carbonyl (C=O) groups is 1. The number of aliphatic hydroxyl groups excluding tert-OH is 1. The van der Waals surface area contributed by atoms with Gasteiger partial charge in [0.25, 0.3) is 0 Å². The topological polar surface area (TPSA) is 57.5 Å². The molecular formula is C17H22O3. The minimum atomic E-state index is -0.810. The fourth-order valence-electron chi connectivity index (χ4n) is 2.60. The molecule has 1 aliphatic carbocycles. The first-order valence-corrected chi connectivity index (χ1v) is 7.29. The lowest BCUT2D eigenvalue weighted by Crippen LogP contribution is -2.08. The summed E-state index contributed by atoms with van der Waals surface area (Å²) in [4.78, 5) is 10.9. The van der Waals surface area contributed by atoms with Gasteiger partial charge in [0.1, 0.15) is 0 Å². The lowest BCUT2D eigenvalue weighted by Gasteiger charge is -2.11. The van der Waals surface area contributed by atoms with Crippen LogP contribution in [0.3, 0.4) is 0 Å².